The topological polar surface area (TPSA) is 143 Å². The molecule has 5 rings (SSSR count). The highest BCUT2D eigenvalue weighted by molar-refractivity contribution is 7.13. The van der Waals surface area contributed by atoms with E-state index in [1.807, 2.05) is 69.3 Å². The van der Waals surface area contributed by atoms with Gasteiger partial charge in [0.25, 0.3) is 0 Å². The van der Waals surface area contributed by atoms with Gasteiger partial charge in [0.2, 0.25) is 5.91 Å². The van der Waals surface area contributed by atoms with Gasteiger partial charge in [-0.1, -0.05) is 43.3 Å². The number of likely N-dealkylation sites (tertiary alicyclic amines) is 2. The number of nitrogens with zero attached hydrogens (tertiary/aromatic N) is 6. The predicted molar refractivity (Wildman–Crippen MR) is 183 cm³/mol. The second-order valence-corrected chi connectivity index (χ2v) is 15.5. The van der Waals surface area contributed by atoms with Crippen molar-refractivity contribution in [1.29, 1.82) is 0 Å². The number of thiazole rings is 1. The van der Waals surface area contributed by atoms with E-state index in [2.05, 4.69) is 20.6 Å². The molecule has 4 atom stereocenters. The minimum absolute atomic E-state index is 0.203. The van der Waals surface area contributed by atoms with E-state index in [1.54, 1.807) is 36.3 Å². The van der Waals surface area contributed by atoms with Gasteiger partial charge >= 0.3 is 6.09 Å². The van der Waals surface area contributed by atoms with E-state index in [4.69, 9.17) is 4.74 Å². The smallest absolute Gasteiger partial charge is 0.410 e. The molecule has 0 aliphatic carbocycles. The Balaban J connectivity index is 1.41. The van der Waals surface area contributed by atoms with Crippen LogP contribution < -0.4 is 5.32 Å². The van der Waals surface area contributed by atoms with Crippen LogP contribution in [0.15, 0.2) is 36.0 Å². The van der Waals surface area contributed by atoms with Gasteiger partial charge in [0, 0.05) is 18.5 Å². The fourth-order valence-corrected chi connectivity index (χ4v) is 7.76. The molecular weight excluding hydrogens is 630 g/mol. The first-order valence-electron chi connectivity index (χ1n) is 16.8. The van der Waals surface area contributed by atoms with E-state index in [0.717, 1.165) is 40.8 Å². The van der Waals surface area contributed by atoms with Crippen molar-refractivity contribution < 1.29 is 24.2 Å². The minimum Gasteiger partial charge on any atom is -0.444 e. The maximum absolute atomic E-state index is 14.0. The number of benzene rings is 1. The molecular formula is C35H49N7O5S. The molecule has 3 aromatic rings. The van der Waals surface area contributed by atoms with Gasteiger partial charge < -0.3 is 15.2 Å². The van der Waals surface area contributed by atoms with Crippen LogP contribution in [0.5, 0.6) is 0 Å². The Morgan fingerprint density at radius 3 is 2.46 bits per heavy atom. The van der Waals surface area contributed by atoms with Crippen LogP contribution in [0.4, 0.5) is 4.79 Å². The highest BCUT2D eigenvalue weighted by atomic mass is 32.1. The lowest BCUT2D eigenvalue weighted by atomic mass is 9.78. The fourth-order valence-electron chi connectivity index (χ4n) is 6.94. The summed E-state index contributed by atoms with van der Waals surface area (Å²) in [6, 6.07) is 6.80. The zero-order chi connectivity index (χ0) is 34.9. The van der Waals surface area contributed by atoms with Crippen LogP contribution in [0, 0.1) is 12.3 Å². The second kappa shape index (κ2) is 14.0. The molecule has 2 aromatic heterocycles. The van der Waals surface area contributed by atoms with Crippen LogP contribution in [0.2, 0.25) is 0 Å². The molecule has 2 saturated heterocycles. The van der Waals surface area contributed by atoms with Crippen molar-refractivity contribution >= 4 is 29.6 Å². The highest BCUT2D eigenvalue weighted by Crippen LogP contribution is 2.43. The van der Waals surface area contributed by atoms with Gasteiger partial charge in [-0.05, 0) is 77.8 Å². The molecule has 2 fully saturated rings. The lowest BCUT2D eigenvalue weighted by Gasteiger charge is -2.49. The molecule has 48 heavy (non-hydrogen) atoms. The maximum atomic E-state index is 14.0. The lowest BCUT2D eigenvalue weighted by molar-refractivity contribution is -0.155. The van der Waals surface area contributed by atoms with Crippen molar-refractivity contribution in [2.24, 2.45) is 5.41 Å². The van der Waals surface area contributed by atoms with Crippen LogP contribution in [-0.2, 0) is 20.0 Å². The molecule has 260 valence electrons. The highest BCUT2D eigenvalue weighted by Gasteiger charge is 2.57. The summed E-state index contributed by atoms with van der Waals surface area (Å²) in [5, 5.41) is 22.8. The molecule has 2 aliphatic rings. The van der Waals surface area contributed by atoms with Crippen LogP contribution in [-0.4, -0.2) is 84.5 Å². The predicted octanol–water partition coefficient (Wildman–Crippen LogP) is 5.38. The number of hydrogen-bond donors (Lipinski definition) is 2. The summed E-state index contributed by atoms with van der Waals surface area (Å²) in [5.41, 5.74) is 2.15. The Hall–Kier alpha value is -3.68. The van der Waals surface area contributed by atoms with E-state index in [-0.39, 0.29) is 24.6 Å². The van der Waals surface area contributed by atoms with Crippen LogP contribution in [0.3, 0.4) is 0 Å². The van der Waals surface area contributed by atoms with Gasteiger partial charge in [-0.2, -0.15) is 0 Å². The minimum atomic E-state index is -1.53. The average Bonchev–Trinajstić information content (AvgIpc) is 3.83. The number of hydrogen-bond acceptors (Lipinski definition) is 10. The lowest BCUT2D eigenvalue weighted by Crippen LogP contribution is -2.65. The summed E-state index contributed by atoms with van der Waals surface area (Å²) in [6.45, 7) is 13.6. The van der Waals surface area contributed by atoms with Crippen LogP contribution >= 0.6 is 11.3 Å². The first kappa shape index (κ1) is 35.6. The quantitative estimate of drug-likeness (QED) is 0.270. The molecule has 13 heteroatoms. The van der Waals surface area contributed by atoms with Gasteiger partial charge in [0.05, 0.1) is 47.0 Å². The van der Waals surface area contributed by atoms with Gasteiger partial charge in [-0.3, -0.25) is 19.4 Å². The number of carbonyl (C=O) groups is 3. The summed E-state index contributed by atoms with van der Waals surface area (Å²) in [4.78, 5) is 49.6. The Labute approximate surface area is 286 Å². The Morgan fingerprint density at radius 1 is 1.10 bits per heavy atom. The molecule has 0 saturated carbocycles. The molecule has 12 nitrogen and oxygen atoms in total. The molecule has 0 spiro atoms. The Morgan fingerprint density at radius 2 is 1.83 bits per heavy atom. The van der Waals surface area contributed by atoms with Crippen LogP contribution in [0.25, 0.3) is 10.4 Å². The zero-order valence-electron chi connectivity index (χ0n) is 29.1. The summed E-state index contributed by atoms with van der Waals surface area (Å²) < 4.78 is 7.19. The number of aromatic nitrogens is 4. The molecule has 0 bridgehead atoms. The van der Waals surface area contributed by atoms with Crippen molar-refractivity contribution in [1.82, 2.24) is 35.1 Å². The number of aldehydes is 1. The summed E-state index contributed by atoms with van der Waals surface area (Å²) in [7, 11) is 0. The van der Waals surface area contributed by atoms with Gasteiger partial charge in [0.1, 0.15) is 11.3 Å². The molecule has 2 aliphatic heterocycles. The van der Waals surface area contributed by atoms with Gasteiger partial charge in [0.15, 0.2) is 11.9 Å². The number of piperidine rings is 1. The molecule has 1 aromatic carbocycles. The molecule has 2 N–H and O–H groups in total. The molecule has 0 radical (unpaired) electrons. The number of rotatable bonds is 10. The van der Waals surface area contributed by atoms with E-state index >= 15 is 0 Å². The summed E-state index contributed by atoms with van der Waals surface area (Å²) in [6.07, 6.45) is 5.70. The third-order valence-corrected chi connectivity index (χ3v) is 10.6. The molecule has 2 amide bonds. The van der Waals surface area contributed by atoms with Crippen LogP contribution in [0.1, 0.15) is 103 Å². The average molecular weight is 680 g/mol. The summed E-state index contributed by atoms with van der Waals surface area (Å²) in [5.74, 6) is -0.203. The number of aryl methyl sites for hydroxylation is 1. The number of aliphatic hydroxyl groups excluding tert-OH is 1. The standard InChI is InChI=1S/C35H49N7O5S/c1-23(25-13-15-26(16-14-25)30-24(2)36-22-48-30)37-31(45)29-12-10-18-41(29)35(21-44,34(6,7)20-43)42-19-27(38-39-42)28-11-8-9-17-40(28)32(46)47-33(3,4)5/h13-16,19,21-23,28-29,43H,8-12,17-18,20H2,1-7H3,(H,37,45)/t23-,28?,29-,35+/m0/s1. The van der Waals surface area contributed by atoms with E-state index < -0.39 is 28.8 Å². The monoisotopic (exact) mass is 679 g/mol. The third-order valence-electron chi connectivity index (χ3n) is 9.66. The SMILES string of the molecule is Cc1ncsc1-c1ccc([C@H](C)NC(=O)[C@@H]2CCCN2[C@](C=O)(n2cc(C3CCCCN3C(=O)OC(C)(C)C)nn2)C(C)(C)CO)cc1. The first-order chi connectivity index (χ1) is 22.7. The maximum Gasteiger partial charge on any atom is 0.410 e. The third kappa shape index (κ3) is 6.90. The van der Waals surface area contributed by atoms with E-state index in [0.29, 0.717) is 38.0 Å². The van der Waals surface area contributed by atoms with Gasteiger partial charge in [-0.25, -0.2) is 14.5 Å². The molecule has 1 unspecified atom stereocenters. The largest absolute Gasteiger partial charge is 0.444 e. The summed E-state index contributed by atoms with van der Waals surface area (Å²) >= 11 is 1.60. The van der Waals surface area contributed by atoms with Crippen molar-refractivity contribution in [3.63, 3.8) is 0 Å². The number of nitrogens with one attached hydrogen (secondary N) is 1. The van der Waals surface area contributed by atoms with E-state index in [1.165, 1.54) is 4.68 Å². The van der Waals surface area contributed by atoms with E-state index in [9.17, 15) is 19.5 Å². The number of amides is 2. The number of aliphatic hydroxyl groups is 1. The van der Waals surface area contributed by atoms with Crippen molar-refractivity contribution in [3.8, 4) is 10.4 Å². The molecule has 4 heterocycles. The zero-order valence-corrected chi connectivity index (χ0v) is 29.9. The first-order valence-corrected chi connectivity index (χ1v) is 17.7. The second-order valence-electron chi connectivity index (χ2n) is 14.6. The fraction of sp³-hybridized carbons (Fsp3) is 0.600. The van der Waals surface area contributed by atoms with Crippen molar-refractivity contribution in [2.45, 2.75) is 110 Å². The Kier molecular flexibility index (Phi) is 10.4. The normalized spacial score (nSPS) is 21.0. The number of carbonyl (C=O) groups excluding carboxylic acids is 3. The number of ether oxygens (including phenoxy) is 1. The van der Waals surface area contributed by atoms with Crippen molar-refractivity contribution in [3.05, 3.63) is 52.9 Å². The Bertz CT molecular complexity index is 1600. The van der Waals surface area contributed by atoms with Gasteiger partial charge in [-0.15, -0.1) is 16.4 Å². The van der Waals surface area contributed by atoms with Crippen molar-refractivity contribution in [2.75, 3.05) is 19.7 Å².